The third-order valence-corrected chi connectivity index (χ3v) is 6.47. The van der Waals surface area contributed by atoms with Crippen molar-refractivity contribution in [3.05, 3.63) is 22.7 Å². The number of carbonyl (C=O) groups is 2. The molecule has 28 heavy (non-hydrogen) atoms. The van der Waals surface area contributed by atoms with Crippen molar-refractivity contribution in [1.82, 2.24) is 0 Å². The van der Waals surface area contributed by atoms with Gasteiger partial charge in [-0.1, -0.05) is 38.8 Å². The van der Waals surface area contributed by atoms with Crippen LogP contribution in [0.25, 0.3) is 0 Å². The number of benzene rings is 1. The molecule has 0 N–H and O–H groups in total. The molecule has 0 spiro atoms. The number of nitrogens with zero attached hydrogens (tertiary/aromatic N) is 2. The van der Waals surface area contributed by atoms with E-state index < -0.39 is 28.0 Å². The van der Waals surface area contributed by atoms with Crippen LogP contribution in [-0.4, -0.2) is 39.2 Å². The average molecular weight is 427 g/mol. The van der Waals surface area contributed by atoms with Crippen molar-refractivity contribution in [1.29, 1.82) is 0 Å². The topological polar surface area (TPSA) is 93.1 Å². The molecular formula is C19H23ClN2O5S. The minimum atomic E-state index is -3.94. The molecule has 9 heteroatoms. The number of rotatable bonds is 3. The Morgan fingerprint density at radius 3 is 2.61 bits per heavy atom. The van der Waals surface area contributed by atoms with Gasteiger partial charge < -0.3 is 9.64 Å². The Bertz CT molecular complexity index is 963. The summed E-state index contributed by atoms with van der Waals surface area (Å²) >= 11 is 6.28. The van der Waals surface area contributed by atoms with Crippen molar-refractivity contribution in [3.63, 3.8) is 0 Å². The Labute approximate surface area is 169 Å². The standard InChI is InChI=1S/C19H23ClN2O5S/c1-19(2,3)16(23)11-27-18(24)12-9-15-14(10-13(12)20)22-8-6-4-5-7-17(22)21-28(15,25)26/h9-10H,4-8,11H2,1-3H3. The van der Waals surface area contributed by atoms with Gasteiger partial charge in [-0.25, -0.2) is 4.79 Å². The van der Waals surface area contributed by atoms with Gasteiger partial charge in [0.2, 0.25) is 0 Å². The quantitative estimate of drug-likeness (QED) is 0.685. The van der Waals surface area contributed by atoms with Crippen LogP contribution in [0.5, 0.6) is 0 Å². The summed E-state index contributed by atoms with van der Waals surface area (Å²) in [6, 6.07) is 2.67. The largest absolute Gasteiger partial charge is 0.454 e. The van der Waals surface area contributed by atoms with Crippen molar-refractivity contribution in [2.45, 2.75) is 51.3 Å². The van der Waals surface area contributed by atoms with Gasteiger partial charge in [-0.05, 0) is 25.0 Å². The zero-order valence-electron chi connectivity index (χ0n) is 16.1. The zero-order valence-corrected chi connectivity index (χ0v) is 17.7. The monoisotopic (exact) mass is 426 g/mol. The maximum atomic E-state index is 12.7. The highest BCUT2D eigenvalue weighted by Gasteiger charge is 2.34. The molecule has 7 nitrogen and oxygen atoms in total. The number of carbonyl (C=O) groups excluding carboxylic acids is 2. The third-order valence-electron chi connectivity index (χ3n) is 4.83. The van der Waals surface area contributed by atoms with Gasteiger partial charge >= 0.3 is 5.97 Å². The fourth-order valence-electron chi connectivity index (χ4n) is 3.08. The molecule has 152 valence electrons. The summed E-state index contributed by atoms with van der Waals surface area (Å²) in [7, 11) is -3.94. The zero-order chi connectivity index (χ0) is 20.7. The SMILES string of the molecule is CC(C)(C)C(=O)COC(=O)c1cc2c(cc1Cl)N1CCCCCC1=NS2(=O)=O. The number of sulfonamides is 1. The van der Waals surface area contributed by atoms with Crippen LogP contribution in [0.1, 0.15) is 56.8 Å². The van der Waals surface area contributed by atoms with Crippen LogP contribution < -0.4 is 4.90 Å². The Morgan fingerprint density at radius 1 is 1.21 bits per heavy atom. The average Bonchev–Trinajstić information content (AvgIpc) is 2.82. The summed E-state index contributed by atoms with van der Waals surface area (Å²) in [6.45, 7) is 5.40. The number of anilines is 1. The number of ketones is 1. The van der Waals surface area contributed by atoms with E-state index in [1.54, 1.807) is 20.8 Å². The molecule has 2 heterocycles. The third kappa shape index (κ3) is 4.07. The smallest absolute Gasteiger partial charge is 0.340 e. The first-order valence-corrected chi connectivity index (χ1v) is 11.0. The molecular weight excluding hydrogens is 404 g/mol. The van der Waals surface area contributed by atoms with E-state index in [0.717, 1.165) is 19.3 Å². The Balaban J connectivity index is 1.94. The second-order valence-electron chi connectivity index (χ2n) is 7.99. The van der Waals surface area contributed by atoms with Crippen molar-refractivity contribution in [3.8, 4) is 0 Å². The molecule has 0 bridgehead atoms. The van der Waals surface area contributed by atoms with Gasteiger partial charge in [-0.3, -0.25) is 4.79 Å². The van der Waals surface area contributed by atoms with E-state index in [0.29, 0.717) is 24.5 Å². The number of halogens is 1. The van der Waals surface area contributed by atoms with Gasteiger partial charge in [0.1, 0.15) is 10.7 Å². The summed E-state index contributed by atoms with van der Waals surface area (Å²) in [5.74, 6) is -0.584. The Kier molecular flexibility index (Phi) is 5.55. The molecule has 1 aromatic carbocycles. The second kappa shape index (κ2) is 7.48. The minimum absolute atomic E-state index is 0.0725. The molecule has 1 saturated heterocycles. The number of hydrogen-bond donors (Lipinski definition) is 0. The molecule has 0 unspecified atom stereocenters. The van der Waals surface area contributed by atoms with Gasteiger partial charge in [0.05, 0.1) is 16.3 Å². The molecule has 0 saturated carbocycles. The lowest BCUT2D eigenvalue weighted by Crippen LogP contribution is -2.35. The van der Waals surface area contributed by atoms with E-state index in [1.165, 1.54) is 12.1 Å². The van der Waals surface area contributed by atoms with E-state index in [4.69, 9.17) is 16.3 Å². The number of esters is 1. The van der Waals surface area contributed by atoms with Crippen molar-refractivity contribution in [2.75, 3.05) is 18.1 Å². The van der Waals surface area contributed by atoms with Crippen LogP contribution in [0.4, 0.5) is 5.69 Å². The number of hydrogen-bond acceptors (Lipinski definition) is 6. The highest BCUT2D eigenvalue weighted by molar-refractivity contribution is 7.90. The molecule has 0 atom stereocenters. The summed E-state index contributed by atoms with van der Waals surface area (Å²) in [5, 5.41) is 0.0765. The van der Waals surface area contributed by atoms with Gasteiger partial charge in [0.15, 0.2) is 12.4 Å². The van der Waals surface area contributed by atoms with E-state index in [2.05, 4.69) is 4.40 Å². The number of ether oxygens (including phenoxy) is 1. The van der Waals surface area contributed by atoms with Crippen LogP contribution in [0.3, 0.4) is 0 Å². The first-order valence-electron chi connectivity index (χ1n) is 9.16. The van der Waals surface area contributed by atoms with Crippen molar-refractivity contribution >= 4 is 44.9 Å². The molecule has 1 aromatic rings. The lowest BCUT2D eigenvalue weighted by molar-refractivity contribution is -0.129. The van der Waals surface area contributed by atoms with Crippen LogP contribution in [0.15, 0.2) is 21.4 Å². The van der Waals surface area contributed by atoms with Crippen LogP contribution in [-0.2, 0) is 19.6 Å². The normalized spacial score (nSPS) is 18.4. The minimum Gasteiger partial charge on any atom is -0.454 e. The van der Waals surface area contributed by atoms with E-state index in [9.17, 15) is 18.0 Å². The summed E-state index contributed by atoms with van der Waals surface area (Å²) < 4.78 is 34.3. The maximum absolute atomic E-state index is 12.7. The number of Topliss-reactive ketones (excluding diaryl/α,β-unsaturated/α-hetero) is 1. The van der Waals surface area contributed by atoms with E-state index >= 15 is 0 Å². The molecule has 2 aliphatic rings. The predicted molar refractivity (Wildman–Crippen MR) is 107 cm³/mol. The fourth-order valence-corrected chi connectivity index (χ4v) is 4.58. The molecule has 2 aliphatic heterocycles. The van der Waals surface area contributed by atoms with Crippen molar-refractivity contribution in [2.24, 2.45) is 9.81 Å². The molecule has 0 amide bonds. The fraction of sp³-hybridized carbons (Fsp3) is 0.526. The summed E-state index contributed by atoms with van der Waals surface area (Å²) in [6.07, 6.45) is 3.36. The lowest BCUT2D eigenvalue weighted by Gasteiger charge is -2.30. The summed E-state index contributed by atoms with van der Waals surface area (Å²) in [4.78, 5) is 26.2. The Hall–Kier alpha value is -1.93. The summed E-state index contributed by atoms with van der Waals surface area (Å²) in [5.41, 5.74) is -0.320. The first-order chi connectivity index (χ1) is 13.0. The molecule has 0 radical (unpaired) electrons. The van der Waals surface area contributed by atoms with Gasteiger partial charge in [0, 0.05) is 18.4 Å². The van der Waals surface area contributed by atoms with Crippen LogP contribution >= 0.6 is 11.6 Å². The van der Waals surface area contributed by atoms with Crippen LogP contribution in [0.2, 0.25) is 5.02 Å². The van der Waals surface area contributed by atoms with Gasteiger partial charge in [0.25, 0.3) is 10.0 Å². The van der Waals surface area contributed by atoms with Gasteiger partial charge in [-0.2, -0.15) is 8.42 Å². The Morgan fingerprint density at radius 2 is 1.93 bits per heavy atom. The second-order valence-corrected chi connectivity index (χ2v) is 9.97. The van der Waals surface area contributed by atoms with E-state index in [-0.39, 0.29) is 21.3 Å². The molecule has 0 aromatic heterocycles. The van der Waals surface area contributed by atoms with Crippen molar-refractivity contribution < 1.29 is 22.7 Å². The lowest BCUT2D eigenvalue weighted by atomic mass is 9.91. The number of amidine groups is 1. The predicted octanol–water partition coefficient (Wildman–Crippen LogP) is 3.59. The van der Waals surface area contributed by atoms with Crippen LogP contribution in [0, 0.1) is 5.41 Å². The molecule has 3 rings (SSSR count). The van der Waals surface area contributed by atoms with Gasteiger partial charge in [-0.15, -0.1) is 4.40 Å². The van der Waals surface area contributed by atoms with E-state index in [1.807, 2.05) is 4.90 Å². The molecule has 1 fully saturated rings. The molecule has 0 aliphatic carbocycles. The highest BCUT2D eigenvalue weighted by Crippen LogP contribution is 2.38. The number of fused-ring (bicyclic) bond motifs is 3. The highest BCUT2D eigenvalue weighted by atomic mass is 35.5. The maximum Gasteiger partial charge on any atom is 0.340 e. The first kappa shape index (κ1) is 20.8.